The molecule has 2 amide bonds. The van der Waals surface area contributed by atoms with Crippen molar-refractivity contribution in [2.75, 3.05) is 33.5 Å². The SMILES string of the molecule is CCOC(=O)NC(CNC(=O)c1[nH]c(C)c(C(=O)OCCOC)c1C)CC(C)C. The largest absolute Gasteiger partial charge is 0.460 e. The first-order valence-electron chi connectivity index (χ1n) is 9.77. The fourth-order valence-corrected chi connectivity index (χ4v) is 2.98. The molecule has 29 heavy (non-hydrogen) atoms. The minimum atomic E-state index is -0.514. The Morgan fingerprint density at radius 3 is 2.38 bits per heavy atom. The van der Waals surface area contributed by atoms with E-state index in [1.54, 1.807) is 20.8 Å². The molecule has 3 N–H and O–H groups in total. The van der Waals surface area contributed by atoms with Gasteiger partial charge in [-0.05, 0) is 38.7 Å². The van der Waals surface area contributed by atoms with Crippen LogP contribution in [0.1, 0.15) is 59.3 Å². The molecule has 0 aliphatic heterocycles. The second kappa shape index (κ2) is 12.1. The summed E-state index contributed by atoms with van der Waals surface area (Å²) in [5, 5.41) is 5.57. The van der Waals surface area contributed by atoms with Crippen LogP contribution in [0.3, 0.4) is 0 Å². The average molecular weight is 411 g/mol. The summed E-state index contributed by atoms with van der Waals surface area (Å²) < 4.78 is 14.9. The fourth-order valence-electron chi connectivity index (χ4n) is 2.98. The van der Waals surface area contributed by atoms with Crippen molar-refractivity contribution in [2.45, 2.75) is 47.1 Å². The lowest BCUT2D eigenvalue weighted by atomic mass is 10.0. The third-order valence-corrected chi connectivity index (χ3v) is 4.25. The molecule has 0 saturated heterocycles. The number of H-pyrrole nitrogens is 1. The Balaban J connectivity index is 2.80. The number of carbonyl (C=O) groups is 3. The van der Waals surface area contributed by atoms with E-state index in [1.165, 1.54) is 7.11 Å². The molecule has 0 fully saturated rings. The number of hydrogen-bond acceptors (Lipinski definition) is 6. The Labute approximate surface area is 171 Å². The fraction of sp³-hybridized carbons (Fsp3) is 0.650. The summed E-state index contributed by atoms with van der Waals surface area (Å²) in [6, 6.07) is -0.271. The second-order valence-electron chi connectivity index (χ2n) is 7.16. The molecule has 1 heterocycles. The normalized spacial score (nSPS) is 11.8. The van der Waals surface area contributed by atoms with Gasteiger partial charge in [0.15, 0.2) is 0 Å². The van der Waals surface area contributed by atoms with E-state index >= 15 is 0 Å². The monoisotopic (exact) mass is 411 g/mol. The van der Waals surface area contributed by atoms with Gasteiger partial charge in [-0.25, -0.2) is 9.59 Å². The summed E-state index contributed by atoms with van der Waals surface area (Å²) in [5.74, 6) is -0.545. The van der Waals surface area contributed by atoms with Crippen molar-refractivity contribution in [3.05, 3.63) is 22.5 Å². The van der Waals surface area contributed by atoms with Gasteiger partial charge >= 0.3 is 12.1 Å². The molecule has 9 heteroatoms. The highest BCUT2D eigenvalue weighted by Crippen LogP contribution is 2.19. The number of hydrogen-bond donors (Lipinski definition) is 3. The maximum Gasteiger partial charge on any atom is 0.407 e. The van der Waals surface area contributed by atoms with Gasteiger partial charge < -0.3 is 29.8 Å². The zero-order valence-corrected chi connectivity index (χ0v) is 18.1. The molecule has 0 bridgehead atoms. The number of carbonyl (C=O) groups excluding carboxylic acids is 3. The maximum atomic E-state index is 12.7. The maximum absolute atomic E-state index is 12.7. The van der Waals surface area contributed by atoms with Gasteiger partial charge in [0.05, 0.1) is 18.8 Å². The highest BCUT2D eigenvalue weighted by atomic mass is 16.6. The number of aryl methyl sites for hydroxylation is 1. The van der Waals surface area contributed by atoms with Crippen molar-refractivity contribution in [2.24, 2.45) is 5.92 Å². The molecule has 0 radical (unpaired) electrons. The van der Waals surface area contributed by atoms with Crippen molar-refractivity contribution in [1.82, 2.24) is 15.6 Å². The van der Waals surface area contributed by atoms with Crippen LogP contribution in [0, 0.1) is 19.8 Å². The number of alkyl carbamates (subject to hydrolysis) is 1. The molecule has 0 spiro atoms. The van der Waals surface area contributed by atoms with Gasteiger partial charge in [-0.15, -0.1) is 0 Å². The number of amides is 2. The first-order valence-corrected chi connectivity index (χ1v) is 9.77. The van der Waals surface area contributed by atoms with Crippen molar-refractivity contribution in [3.63, 3.8) is 0 Å². The van der Waals surface area contributed by atoms with E-state index < -0.39 is 12.1 Å². The molecule has 1 aromatic heterocycles. The van der Waals surface area contributed by atoms with Gasteiger partial charge in [0.25, 0.3) is 5.91 Å². The standard InChI is InChI=1S/C20H33N3O6/c1-7-28-20(26)23-15(10-12(2)3)11-21-18(24)17-13(4)16(14(5)22-17)19(25)29-9-8-27-6/h12,15,22H,7-11H2,1-6H3,(H,21,24)(H,23,26). The predicted molar refractivity (Wildman–Crippen MR) is 108 cm³/mol. The van der Waals surface area contributed by atoms with E-state index in [0.29, 0.717) is 41.5 Å². The summed E-state index contributed by atoms with van der Waals surface area (Å²) in [5.41, 5.74) is 1.70. The summed E-state index contributed by atoms with van der Waals surface area (Å²) in [6.07, 6.45) is 0.166. The molecule has 1 rings (SSSR count). The van der Waals surface area contributed by atoms with E-state index in [1.807, 2.05) is 13.8 Å². The van der Waals surface area contributed by atoms with Gasteiger partial charge in [-0.1, -0.05) is 13.8 Å². The predicted octanol–water partition coefficient (Wildman–Crippen LogP) is 2.33. The van der Waals surface area contributed by atoms with Crippen LogP contribution in [-0.4, -0.2) is 62.5 Å². The van der Waals surface area contributed by atoms with E-state index in [9.17, 15) is 14.4 Å². The van der Waals surface area contributed by atoms with E-state index in [4.69, 9.17) is 14.2 Å². The van der Waals surface area contributed by atoms with Gasteiger partial charge in [-0.3, -0.25) is 4.79 Å². The first-order chi connectivity index (χ1) is 13.7. The Morgan fingerprint density at radius 1 is 1.10 bits per heavy atom. The van der Waals surface area contributed by atoms with Gasteiger partial charge in [0.1, 0.15) is 12.3 Å². The third kappa shape index (κ3) is 7.77. The smallest absolute Gasteiger partial charge is 0.407 e. The second-order valence-corrected chi connectivity index (χ2v) is 7.16. The topological polar surface area (TPSA) is 119 Å². The lowest BCUT2D eigenvalue weighted by molar-refractivity contribution is 0.0386. The minimum Gasteiger partial charge on any atom is -0.460 e. The number of aromatic nitrogens is 1. The lowest BCUT2D eigenvalue weighted by Crippen LogP contribution is -2.44. The quantitative estimate of drug-likeness (QED) is 0.380. The summed E-state index contributed by atoms with van der Waals surface area (Å²) >= 11 is 0. The van der Waals surface area contributed by atoms with Crippen LogP contribution < -0.4 is 10.6 Å². The Kier molecular flexibility index (Phi) is 10.2. The molecule has 1 atom stereocenters. The number of nitrogens with one attached hydrogen (secondary N) is 3. The van der Waals surface area contributed by atoms with Crippen LogP contribution in [0.2, 0.25) is 0 Å². The number of ether oxygens (including phenoxy) is 3. The van der Waals surface area contributed by atoms with Crippen molar-refractivity contribution < 1.29 is 28.6 Å². The van der Waals surface area contributed by atoms with Crippen LogP contribution in [0.5, 0.6) is 0 Å². The van der Waals surface area contributed by atoms with Gasteiger partial charge in [0.2, 0.25) is 0 Å². The molecule has 0 aliphatic rings. The van der Waals surface area contributed by atoms with E-state index in [2.05, 4.69) is 15.6 Å². The van der Waals surface area contributed by atoms with Crippen LogP contribution in [-0.2, 0) is 14.2 Å². The number of aromatic amines is 1. The lowest BCUT2D eigenvalue weighted by Gasteiger charge is -2.20. The molecule has 0 aromatic carbocycles. The average Bonchev–Trinajstić information content (AvgIpc) is 2.93. The Hall–Kier alpha value is -2.55. The minimum absolute atomic E-state index is 0.136. The molecule has 1 unspecified atom stereocenters. The Morgan fingerprint density at radius 2 is 1.79 bits per heavy atom. The first kappa shape index (κ1) is 24.5. The molecular weight excluding hydrogens is 378 g/mol. The van der Waals surface area contributed by atoms with Crippen molar-refractivity contribution in [1.29, 1.82) is 0 Å². The van der Waals surface area contributed by atoms with E-state index in [-0.39, 0.29) is 31.7 Å². The molecule has 0 aliphatic carbocycles. The number of methoxy groups -OCH3 is 1. The van der Waals surface area contributed by atoms with Crippen LogP contribution >= 0.6 is 0 Å². The molecule has 1 aromatic rings. The highest BCUT2D eigenvalue weighted by molar-refractivity contribution is 6.00. The molecule has 0 saturated carbocycles. The van der Waals surface area contributed by atoms with Crippen molar-refractivity contribution in [3.8, 4) is 0 Å². The Bertz CT molecular complexity index is 699. The van der Waals surface area contributed by atoms with Crippen LogP contribution in [0.4, 0.5) is 4.79 Å². The molecule has 164 valence electrons. The molecule has 9 nitrogen and oxygen atoms in total. The third-order valence-electron chi connectivity index (χ3n) is 4.25. The van der Waals surface area contributed by atoms with Gasteiger partial charge in [0, 0.05) is 25.4 Å². The van der Waals surface area contributed by atoms with Crippen LogP contribution in [0.15, 0.2) is 0 Å². The van der Waals surface area contributed by atoms with Gasteiger partial charge in [-0.2, -0.15) is 0 Å². The highest BCUT2D eigenvalue weighted by Gasteiger charge is 2.24. The summed E-state index contributed by atoms with van der Waals surface area (Å²) in [6.45, 7) is 10.1. The zero-order valence-electron chi connectivity index (χ0n) is 18.1. The van der Waals surface area contributed by atoms with E-state index in [0.717, 1.165) is 0 Å². The number of rotatable bonds is 11. The van der Waals surface area contributed by atoms with Crippen LogP contribution in [0.25, 0.3) is 0 Å². The zero-order chi connectivity index (χ0) is 22.0. The number of esters is 1. The summed E-state index contributed by atoms with van der Waals surface area (Å²) in [4.78, 5) is 39.6. The molecular formula is C20H33N3O6. The van der Waals surface area contributed by atoms with Crippen molar-refractivity contribution >= 4 is 18.0 Å². The summed E-state index contributed by atoms with van der Waals surface area (Å²) in [7, 11) is 1.52.